The first-order valence-corrected chi connectivity index (χ1v) is 6.72. The maximum atomic E-state index is 11.6. The van der Waals surface area contributed by atoms with Gasteiger partial charge in [-0.3, -0.25) is 4.79 Å². The lowest BCUT2D eigenvalue weighted by Crippen LogP contribution is -2.35. The Kier molecular flexibility index (Phi) is 4.10. The molecular formula is C15H21NO3. The number of carbonyl (C=O) groups is 1. The summed E-state index contributed by atoms with van der Waals surface area (Å²) >= 11 is 0. The average molecular weight is 263 g/mol. The molecule has 0 saturated carbocycles. The molecule has 19 heavy (non-hydrogen) atoms. The zero-order chi connectivity index (χ0) is 13.9. The van der Waals surface area contributed by atoms with Gasteiger partial charge >= 0.3 is 5.97 Å². The summed E-state index contributed by atoms with van der Waals surface area (Å²) in [5.41, 5.74) is 1.13. The summed E-state index contributed by atoms with van der Waals surface area (Å²) in [4.78, 5) is 11.6. The van der Waals surface area contributed by atoms with E-state index in [0.717, 1.165) is 36.3 Å². The maximum absolute atomic E-state index is 11.6. The van der Waals surface area contributed by atoms with Crippen molar-refractivity contribution in [2.75, 3.05) is 20.2 Å². The van der Waals surface area contributed by atoms with Crippen molar-refractivity contribution in [3.05, 3.63) is 29.3 Å². The Morgan fingerprint density at radius 1 is 1.53 bits per heavy atom. The first-order valence-electron chi connectivity index (χ1n) is 6.72. The Hall–Kier alpha value is -1.55. The van der Waals surface area contributed by atoms with E-state index in [4.69, 9.17) is 4.74 Å². The van der Waals surface area contributed by atoms with Gasteiger partial charge in [0.05, 0.1) is 12.0 Å². The summed E-state index contributed by atoms with van der Waals surface area (Å²) in [6.45, 7) is 3.22. The minimum atomic E-state index is -0.852. The summed E-state index contributed by atoms with van der Waals surface area (Å²) in [5, 5.41) is 12.6. The van der Waals surface area contributed by atoms with Crippen LogP contribution in [0.25, 0.3) is 0 Å². The van der Waals surface area contributed by atoms with Gasteiger partial charge in [-0.15, -0.1) is 0 Å². The topological polar surface area (TPSA) is 58.6 Å². The Bertz CT molecular complexity index is 472. The van der Waals surface area contributed by atoms with Crippen LogP contribution in [0.15, 0.2) is 18.2 Å². The summed E-state index contributed by atoms with van der Waals surface area (Å²) in [6, 6.07) is 5.79. The summed E-state index contributed by atoms with van der Waals surface area (Å²) in [6.07, 6.45) is 2.53. The van der Waals surface area contributed by atoms with Gasteiger partial charge in [0.25, 0.3) is 0 Å². The molecule has 1 aliphatic rings. The van der Waals surface area contributed by atoms with Crippen LogP contribution in [0.1, 0.15) is 30.9 Å². The fraction of sp³-hybridized carbons (Fsp3) is 0.533. The number of ether oxygens (including phenoxy) is 1. The molecule has 104 valence electrons. The number of nitrogens with one attached hydrogen (secondary N) is 1. The molecule has 1 aromatic rings. The van der Waals surface area contributed by atoms with Crippen LogP contribution in [-0.4, -0.2) is 31.3 Å². The van der Waals surface area contributed by atoms with Crippen molar-refractivity contribution in [2.24, 2.45) is 0 Å². The number of aliphatic carboxylic acids is 1. The highest BCUT2D eigenvalue weighted by molar-refractivity contribution is 5.81. The van der Waals surface area contributed by atoms with E-state index in [-0.39, 0.29) is 0 Å². The number of hydrogen-bond acceptors (Lipinski definition) is 3. The first-order chi connectivity index (χ1) is 9.08. The predicted molar refractivity (Wildman–Crippen MR) is 73.8 cm³/mol. The first kappa shape index (κ1) is 13.9. The van der Waals surface area contributed by atoms with Crippen LogP contribution in [0.5, 0.6) is 5.75 Å². The Morgan fingerprint density at radius 2 is 2.32 bits per heavy atom. The fourth-order valence-corrected chi connectivity index (χ4v) is 2.45. The molecule has 1 unspecified atom stereocenters. The van der Waals surface area contributed by atoms with Crippen molar-refractivity contribution >= 4 is 5.97 Å². The summed E-state index contributed by atoms with van der Waals surface area (Å²) in [5.74, 6) is 0.121. The molecule has 2 N–H and O–H groups in total. The molecule has 1 aliphatic heterocycles. The molecule has 2 rings (SSSR count). The molecule has 0 aliphatic carbocycles. The quantitative estimate of drug-likeness (QED) is 0.852. The third-order valence-corrected chi connectivity index (χ3v) is 3.89. The molecule has 4 nitrogen and oxygen atoms in total. The molecule has 1 heterocycles. The second-order valence-electron chi connectivity index (χ2n) is 5.27. The molecule has 0 spiro atoms. The van der Waals surface area contributed by atoms with Crippen LogP contribution >= 0.6 is 0 Å². The van der Waals surface area contributed by atoms with E-state index in [9.17, 15) is 9.90 Å². The lowest BCUT2D eigenvalue weighted by molar-refractivity contribution is -0.143. The van der Waals surface area contributed by atoms with E-state index in [0.29, 0.717) is 13.0 Å². The zero-order valence-electron chi connectivity index (χ0n) is 11.5. The highest BCUT2D eigenvalue weighted by Crippen LogP contribution is 2.33. The number of hydrogen-bond donors (Lipinski definition) is 2. The Labute approximate surface area is 113 Å². The second-order valence-corrected chi connectivity index (χ2v) is 5.27. The van der Waals surface area contributed by atoms with E-state index in [2.05, 4.69) is 5.32 Å². The average Bonchev–Trinajstić information content (AvgIpc) is 2.44. The SMILES string of the molecule is CNCCC(C)(C(=O)O)c1ccc2c(c1)CCCO2. The van der Waals surface area contributed by atoms with Crippen LogP contribution < -0.4 is 10.1 Å². The fourth-order valence-electron chi connectivity index (χ4n) is 2.45. The van der Waals surface area contributed by atoms with Gasteiger partial charge in [-0.25, -0.2) is 0 Å². The molecule has 0 aromatic heterocycles. The lowest BCUT2D eigenvalue weighted by atomic mass is 9.78. The molecule has 0 saturated heterocycles. The lowest BCUT2D eigenvalue weighted by Gasteiger charge is -2.27. The monoisotopic (exact) mass is 263 g/mol. The minimum absolute atomic E-state index is 0.568. The van der Waals surface area contributed by atoms with E-state index in [1.807, 2.05) is 25.2 Å². The zero-order valence-corrected chi connectivity index (χ0v) is 11.5. The molecule has 4 heteroatoms. The van der Waals surface area contributed by atoms with Crippen LogP contribution in [0.2, 0.25) is 0 Å². The highest BCUT2D eigenvalue weighted by Gasteiger charge is 2.35. The summed E-state index contributed by atoms with van der Waals surface area (Å²) in [7, 11) is 1.84. The number of rotatable bonds is 5. The van der Waals surface area contributed by atoms with Crippen LogP contribution in [0.4, 0.5) is 0 Å². The summed E-state index contributed by atoms with van der Waals surface area (Å²) < 4.78 is 5.57. The maximum Gasteiger partial charge on any atom is 0.313 e. The van der Waals surface area contributed by atoms with Gasteiger partial charge in [0.2, 0.25) is 0 Å². The normalized spacial score (nSPS) is 17.2. The number of fused-ring (bicyclic) bond motifs is 1. The number of carboxylic acids is 1. The molecule has 0 bridgehead atoms. The van der Waals surface area contributed by atoms with E-state index >= 15 is 0 Å². The standard InChI is InChI=1S/C15H21NO3/c1-15(14(17)18,7-8-16-2)12-5-6-13-11(10-12)4-3-9-19-13/h5-6,10,16H,3-4,7-9H2,1-2H3,(H,17,18). The molecule has 0 radical (unpaired) electrons. The van der Waals surface area contributed by atoms with E-state index in [1.54, 1.807) is 6.92 Å². The number of aryl methyl sites for hydroxylation is 1. The highest BCUT2D eigenvalue weighted by atomic mass is 16.5. The van der Waals surface area contributed by atoms with Crippen LogP contribution in [0.3, 0.4) is 0 Å². The smallest absolute Gasteiger partial charge is 0.313 e. The van der Waals surface area contributed by atoms with E-state index < -0.39 is 11.4 Å². The Morgan fingerprint density at radius 3 is 3.00 bits per heavy atom. The van der Waals surface area contributed by atoms with Gasteiger partial charge in [0, 0.05) is 0 Å². The van der Waals surface area contributed by atoms with Crippen molar-refractivity contribution < 1.29 is 14.6 Å². The van der Waals surface area contributed by atoms with Crippen LogP contribution in [0, 0.1) is 0 Å². The number of benzene rings is 1. The van der Waals surface area contributed by atoms with Gasteiger partial charge in [0.1, 0.15) is 5.75 Å². The van der Waals surface area contributed by atoms with Gasteiger partial charge in [-0.2, -0.15) is 0 Å². The third-order valence-electron chi connectivity index (χ3n) is 3.89. The van der Waals surface area contributed by atoms with Crippen molar-refractivity contribution in [1.82, 2.24) is 5.32 Å². The van der Waals surface area contributed by atoms with Crippen molar-refractivity contribution in [1.29, 1.82) is 0 Å². The minimum Gasteiger partial charge on any atom is -0.493 e. The van der Waals surface area contributed by atoms with Crippen molar-refractivity contribution in [2.45, 2.75) is 31.6 Å². The molecule has 0 amide bonds. The van der Waals surface area contributed by atoms with Gasteiger partial charge in [-0.1, -0.05) is 12.1 Å². The second kappa shape index (κ2) is 5.61. The molecule has 1 aromatic carbocycles. The third kappa shape index (κ3) is 2.73. The molecule has 0 fully saturated rings. The predicted octanol–water partition coefficient (Wildman–Crippen LogP) is 1.96. The molecular weight excluding hydrogens is 242 g/mol. The van der Waals surface area contributed by atoms with Crippen LogP contribution in [-0.2, 0) is 16.6 Å². The van der Waals surface area contributed by atoms with E-state index in [1.165, 1.54) is 0 Å². The van der Waals surface area contributed by atoms with Gasteiger partial charge in [0.15, 0.2) is 0 Å². The Balaban J connectivity index is 2.34. The molecule has 1 atom stereocenters. The van der Waals surface area contributed by atoms with Crippen molar-refractivity contribution in [3.63, 3.8) is 0 Å². The number of carboxylic acid groups (broad SMARTS) is 1. The largest absolute Gasteiger partial charge is 0.493 e. The van der Waals surface area contributed by atoms with Gasteiger partial charge in [-0.05, 0) is 57.0 Å². The van der Waals surface area contributed by atoms with Gasteiger partial charge < -0.3 is 15.2 Å². The van der Waals surface area contributed by atoms with Crippen molar-refractivity contribution in [3.8, 4) is 5.75 Å².